The molecule has 0 radical (unpaired) electrons. The number of nitrogens with zero attached hydrogens (tertiary/aromatic N) is 2. The maximum Gasteiger partial charge on any atom is 0.264 e. The maximum absolute atomic E-state index is 14.0. The summed E-state index contributed by atoms with van der Waals surface area (Å²) in [6.45, 7) is 4.13. The van der Waals surface area contributed by atoms with Crippen LogP contribution in [-0.4, -0.2) is 46.6 Å². The number of H-pyrrole nitrogens is 1. The van der Waals surface area contributed by atoms with Crippen molar-refractivity contribution >= 4 is 17.5 Å². The molecule has 9 heteroatoms. The Labute approximate surface area is 214 Å². The highest BCUT2D eigenvalue weighted by Gasteiger charge is 2.27. The van der Waals surface area contributed by atoms with Gasteiger partial charge in [0.25, 0.3) is 11.5 Å². The Morgan fingerprint density at radius 1 is 1.25 bits per heavy atom. The number of aromatic hydroxyl groups is 1. The van der Waals surface area contributed by atoms with Gasteiger partial charge in [-0.2, -0.15) is 0 Å². The number of ether oxygens (including phenoxy) is 1. The molecule has 3 aromatic rings. The number of carbonyl (C=O) groups excluding carboxylic acids is 1. The minimum atomic E-state index is -0.655. The van der Waals surface area contributed by atoms with Gasteiger partial charge in [0.2, 0.25) is 0 Å². The summed E-state index contributed by atoms with van der Waals surface area (Å²) in [5.74, 6) is -0.988. The van der Waals surface area contributed by atoms with Crippen molar-refractivity contribution in [3.63, 3.8) is 0 Å². The second kappa shape index (κ2) is 12.0. The highest BCUT2D eigenvalue weighted by atomic mass is 35.5. The zero-order valence-corrected chi connectivity index (χ0v) is 21.7. The van der Waals surface area contributed by atoms with Crippen molar-refractivity contribution in [1.29, 1.82) is 0 Å². The third-order valence-electron chi connectivity index (χ3n) is 6.10. The smallest absolute Gasteiger partial charge is 0.264 e. The van der Waals surface area contributed by atoms with Gasteiger partial charge in [-0.1, -0.05) is 37.1 Å². The fourth-order valence-corrected chi connectivity index (χ4v) is 4.33. The normalized spacial score (nSPS) is 10.9. The first-order chi connectivity index (χ1) is 17.2. The molecule has 0 spiro atoms. The van der Waals surface area contributed by atoms with E-state index < -0.39 is 17.3 Å². The number of aromatic amines is 1. The summed E-state index contributed by atoms with van der Waals surface area (Å²) in [5.41, 5.74) is 1.65. The van der Waals surface area contributed by atoms with E-state index in [1.165, 1.54) is 31.3 Å². The Morgan fingerprint density at radius 2 is 2.00 bits per heavy atom. The van der Waals surface area contributed by atoms with Gasteiger partial charge in [-0.05, 0) is 50.3 Å². The summed E-state index contributed by atoms with van der Waals surface area (Å²) < 4.78 is 19.6. The summed E-state index contributed by atoms with van der Waals surface area (Å²) in [6, 6.07) is 6.68. The highest BCUT2D eigenvalue weighted by molar-refractivity contribution is 6.30. The van der Waals surface area contributed by atoms with Crippen molar-refractivity contribution in [3.8, 4) is 22.6 Å². The number of nitrogens with one attached hydrogen (secondary N) is 1. The van der Waals surface area contributed by atoms with E-state index in [0.717, 1.165) is 18.4 Å². The lowest BCUT2D eigenvalue weighted by Crippen LogP contribution is -2.33. The van der Waals surface area contributed by atoms with Crippen LogP contribution in [0.25, 0.3) is 11.1 Å². The number of hydrogen-bond donors (Lipinski definition) is 2. The molecule has 0 saturated carbocycles. The quantitative estimate of drug-likeness (QED) is 0.382. The van der Waals surface area contributed by atoms with Gasteiger partial charge in [-0.3, -0.25) is 14.6 Å². The topological polar surface area (TPSA) is 95.5 Å². The lowest BCUT2D eigenvalue weighted by Gasteiger charge is -2.21. The number of unbranched alkanes of at least 4 members (excludes halogenated alkanes) is 1. The summed E-state index contributed by atoms with van der Waals surface area (Å²) in [5, 5.41) is 11.5. The SMILES string of the molecule is CCCCc1[nH]c(=O)c(C(=O)N(C)CCCc2ncc(Cl)cc2F)c(O)c1-c1c(C)cccc1OC. The number of halogens is 2. The minimum absolute atomic E-state index is 0.210. The Morgan fingerprint density at radius 3 is 2.67 bits per heavy atom. The molecule has 0 atom stereocenters. The van der Waals surface area contributed by atoms with Crippen LogP contribution >= 0.6 is 11.6 Å². The highest BCUT2D eigenvalue weighted by Crippen LogP contribution is 2.41. The van der Waals surface area contributed by atoms with Gasteiger partial charge in [0.15, 0.2) is 0 Å². The first kappa shape index (κ1) is 27.2. The molecule has 0 aliphatic rings. The predicted molar refractivity (Wildman–Crippen MR) is 139 cm³/mol. The second-order valence-electron chi connectivity index (χ2n) is 8.70. The van der Waals surface area contributed by atoms with E-state index in [-0.39, 0.29) is 35.0 Å². The first-order valence-corrected chi connectivity index (χ1v) is 12.2. The lowest BCUT2D eigenvalue weighted by atomic mass is 9.93. The molecular formula is C27H31ClFN3O4. The number of rotatable bonds is 10. The number of benzene rings is 1. The first-order valence-electron chi connectivity index (χ1n) is 11.9. The van der Waals surface area contributed by atoms with Crippen LogP contribution in [0.5, 0.6) is 11.5 Å². The largest absolute Gasteiger partial charge is 0.506 e. The van der Waals surface area contributed by atoms with E-state index in [2.05, 4.69) is 9.97 Å². The van der Waals surface area contributed by atoms with Crippen LogP contribution in [0, 0.1) is 12.7 Å². The van der Waals surface area contributed by atoms with Gasteiger partial charge < -0.3 is 19.7 Å². The van der Waals surface area contributed by atoms with Gasteiger partial charge in [-0.25, -0.2) is 4.39 Å². The van der Waals surface area contributed by atoms with Gasteiger partial charge in [0, 0.05) is 36.6 Å². The van der Waals surface area contributed by atoms with Crippen molar-refractivity contribution in [2.45, 2.75) is 46.0 Å². The molecular weight excluding hydrogens is 485 g/mol. The number of hydrogen-bond acceptors (Lipinski definition) is 5. The molecule has 0 saturated heterocycles. The number of carbonyl (C=O) groups is 1. The second-order valence-corrected chi connectivity index (χ2v) is 9.14. The van der Waals surface area contributed by atoms with E-state index in [9.17, 15) is 19.1 Å². The average Bonchev–Trinajstić information content (AvgIpc) is 2.84. The summed E-state index contributed by atoms with van der Waals surface area (Å²) in [6.07, 6.45) is 4.26. The fourth-order valence-electron chi connectivity index (χ4n) is 4.18. The van der Waals surface area contributed by atoms with E-state index in [1.807, 2.05) is 26.0 Å². The molecule has 7 nitrogen and oxygen atoms in total. The summed E-state index contributed by atoms with van der Waals surface area (Å²) >= 11 is 5.75. The number of aromatic nitrogens is 2. The van der Waals surface area contributed by atoms with Crippen molar-refractivity contribution in [2.24, 2.45) is 0 Å². The molecule has 0 fully saturated rings. The van der Waals surface area contributed by atoms with Crippen molar-refractivity contribution < 1.29 is 19.0 Å². The van der Waals surface area contributed by atoms with Crippen molar-refractivity contribution in [2.75, 3.05) is 20.7 Å². The van der Waals surface area contributed by atoms with Crippen LogP contribution in [-0.2, 0) is 12.8 Å². The minimum Gasteiger partial charge on any atom is -0.506 e. The van der Waals surface area contributed by atoms with Crippen molar-refractivity contribution in [1.82, 2.24) is 14.9 Å². The molecule has 0 bridgehead atoms. The Balaban J connectivity index is 1.96. The summed E-state index contributed by atoms with van der Waals surface area (Å²) in [4.78, 5) is 34.5. The molecule has 2 heterocycles. The zero-order chi connectivity index (χ0) is 26.4. The number of pyridine rings is 2. The van der Waals surface area contributed by atoms with Gasteiger partial charge in [0.05, 0.1) is 17.8 Å². The molecule has 2 N–H and O–H groups in total. The molecule has 36 heavy (non-hydrogen) atoms. The monoisotopic (exact) mass is 515 g/mol. The lowest BCUT2D eigenvalue weighted by molar-refractivity contribution is 0.0788. The van der Waals surface area contributed by atoms with Crippen LogP contribution in [0.3, 0.4) is 0 Å². The van der Waals surface area contributed by atoms with Crippen LogP contribution in [0.2, 0.25) is 5.02 Å². The third kappa shape index (κ3) is 5.87. The van der Waals surface area contributed by atoms with Crippen LogP contribution in [0.15, 0.2) is 35.3 Å². The molecule has 2 aromatic heterocycles. The molecule has 192 valence electrons. The Bertz CT molecular complexity index is 1310. The molecule has 0 unspecified atom stereocenters. The van der Waals surface area contributed by atoms with Crippen LogP contribution < -0.4 is 10.3 Å². The average molecular weight is 516 g/mol. The molecule has 0 aliphatic carbocycles. The van der Waals surface area contributed by atoms with Gasteiger partial charge in [0.1, 0.15) is 22.9 Å². The third-order valence-corrected chi connectivity index (χ3v) is 6.31. The summed E-state index contributed by atoms with van der Waals surface area (Å²) in [7, 11) is 3.07. The number of aryl methyl sites for hydroxylation is 3. The van der Waals surface area contributed by atoms with Gasteiger partial charge >= 0.3 is 0 Å². The van der Waals surface area contributed by atoms with Crippen LogP contribution in [0.1, 0.15) is 53.5 Å². The van der Waals surface area contributed by atoms with E-state index in [1.54, 1.807) is 6.07 Å². The van der Waals surface area contributed by atoms with Crippen molar-refractivity contribution in [3.05, 3.63) is 74.2 Å². The number of methoxy groups -OCH3 is 1. The molecule has 1 aromatic carbocycles. The molecule has 3 rings (SSSR count). The van der Waals surface area contributed by atoms with E-state index in [4.69, 9.17) is 16.3 Å². The van der Waals surface area contributed by atoms with E-state index in [0.29, 0.717) is 35.4 Å². The predicted octanol–water partition coefficient (Wildman–Crippen LogP) is 5.30. The molecule has 1 amide bonds. The van der Waals surface area contributed by atoms with Crippen LogP contribution in [0.4, 0.5) is 4.39 Å². The molecule has 0 aliphatic heterocycles. The standard InChI is InChI=1S/C27H31ClFN3O4/c1-5-6-10-20-23(22-16(2)9-7-12-21(22)36-4)25(33)24(26(34)31-20)27(35)32(3)13-8-11-19-18(29)14-17(28)15-30-19/h7,9,12,14-15H,5-6,8,10-11,13H2,1-4H3,(H2,31,33,34). The van der Waals surface area contributed by atoms with E-state index >= 15 is 0 Å². The van der Waals surface area contributed by atoms with Gasteiger partial charge in [-0.15, -0.1) is 0 Å². The Hall–Kier alpha value is -3.39. The number of amides is 1. The maximum atomic E-state index is 14.0. The zero-order valence-electron chi connectivity index (χ0n) is 21.0. The Kier molecular flexibility index (Phi) is 9.09. The fraction of sp³-hybridized carbons (Fsp3) is 0.370.